The number of imidazole rings is 1. The van der Waals surface area contributed by atoms with Crippen LogP contribution in [0.5, 0.6) is 0 Å². The van der Waals surface area contributed by atoms with Crippen LogP contribution in [0.4, 0.5) is 0 Å². The summed E-state index contributed by atoms with van der Waals surface area (Å²) in [6.07, 6.45) is 5.91. The summed E-state index contributed by atoms with van der Waals surface area (Å²) < 4.78 is 7.70. The predicted octanol–water partition coefficient (Wildman–Crippen LogP) is 3.61. The van der Waals surface area contributed by atoms with Gasteiger partial charge in [-0.05, 0) is 25.3 Å². The number of pyridine rings is 1. The van der Waals surface area contributed by atoms with Crippen LogP contribution < -0.4 is 0 Å². The van der Waals surface area contributed by atoms with Gasteiger partial charge in [0.25, 0.3) is 0 Å². The van der Waals surface area contributed by atoms with Crippen molar-refractivity contribution >= 4 is 34.4 Å². The molecule has 20 heavy (non-hydrogen) atoms. The van der Waals surface area contributed by atoms with E-state index in [1.54, 1.807) is 13.3 Å². The first-order valence-electron chi connectivity index (χ1n) is 6.84. The topological polar surface area (TPSA) is 39.9 Å². The second kappa shape index (κ2) is 5.88. The molecule has 1 saturated carbocycles. The first-order valence-corrected chi connectivity index (χ1v) is 7.75. The first kappa shape index (κ1) is 14.1. The minimum atomic E-state index is 0.327. The standard InChI is InChI=1S/C14H17Cl2N3O/c1-20-11-3-2-10(7-11)19-13(4-5-15)18-12-6-9(16)8-17-14(12)19/h6,8,10-11H,2-5,7H2,1H3. The van der Waals surface area contributed by atoms with Crippen LogP contribution in [0.25, 0.3) is 11.2 Å². The number of methoxy groups -OCH3 is 1. The Morgan fingerprint density at radius 1 is 1.45 bits per heavy atom. The van der Waals surface area contributed by atoms with Crippen LogP contribution in [-0.4, -0.2) is 33.6 Å². The van der Waals surface area contributed by atoms with E-state index in [9.17, 15) is 0 Å². The van der Waals surface area contributed by atoms with E-state index in [1.807, 2.05) is 6.07 Å². The van der Waals surface area contributed by atoms with Gasteiger partial charge in [0.2, 0.25) is 0 Å². The van der Waals surface area contributed by atoms with Crippen LogP contribution in [0.2, 0.25) is 5.02 Å². The van der Waals surface area contributed by atoms with Crippen molar-refractivity contribution in [3.05, 3.63) is 23.1 Å². The highest BCUT2D eigenvalue weighted by Crippen LogP contribution is 2.35. The van der Waals surface area contributed by atoms with Crippen LogP contribution in [-0.2, 0) is 11.2 Å². The Hall–Kier alpha value is -0.840. The van der Waals surface area contributed by atoms with Crippen molar-refractivity contribution in [3.63, 3.8) is 0 Å². The van der Waals surface area contributed by atoms with E-state index in [0.717, 1.165) is 42.7 Å². The number of hydrogen-bond acceptors (Lipinski definition) is 3. The molecule has 0 N–H and O–H groups in total. The molecule has 2 aromatic rings. The zero-order valence-electron chi connectivity index (χ0n) is 11.4. The number of alkyl halides is 1. The summed E-state index contributed by atoms with van der Waals surface area (Å²) in [5.74, 6) is 1.55. The van der Waals surface area contributed by atoms with Gasteiger partial charge < -0.3 is 9.30 Å². The summed E-state index contributed by atoms with van der Waals surface area (Å²) in [5.41, 5.74) is 1.75. The van der Waals surface area contributed by atoms with Gasteiger partial charge in [-0.1, -0.05) is 11.6 Å². The zero-order valence-corrected chi connectivity index (χ0v) is 12.9. The molecule has 2 atom stereocenters. The van der Waals surface area contributed by atoms with E-state index in [2.05, 4.69) is 14.5 Å². The molecule has 2 heterocycles. The average molecular weight is 314 g/mol. The Kier molecular flexibility index (Phi) is 4.15. The number of fused-ring (bicyclic) bond motifs is 1. The van der Waals surface area contributed by atoms with Gasteiger partial charge in [-0.3, -0.25) is 0 Å². The lowest BCUT2D eigenvalue weighted by Crippen LogP contribution is -2.12. The van der Waals surface area contributed by atoms with Gasteiger partial charge in [0.05, 0.1) is 11.1 Å². The van der Waals surface area contributed by atoms with Crippen LogP contribution >= 0.6 is 23.2 Å². The SMILES string of the molecule is COC1CCC(n2c(CCCl)nc3cc(Cl)cnc32)C1. The maximum atomic E-state index is 6.00. The summed E-state index contributed by atoms with van der Waals surface area (Å²) in [6.45, 7) is 0. The van der Waals surface area contributed by atoms with Crippen molar-refractivity contribution in [1.82, 2.24) is 14.5 Å². The van der Waals surface area contributed by atoms with Gasteiger partial charge in [0, 0.05) is 31.6 Å². The maximum Gasteiger partial charge on any atom is 0.160 e. The van der Waals surface area contributed by atoms with Crippen molar-refractivity contribution in [1.29, 1.82) is 0 Å². The van der Waals surface area contributed by atoms with Gasteiger partial charge in [-0.25, -0.2) is 9.97 Å². The molecule has 0 aliphatic heterocycles. The van der Waals surface area contributed by atoms with Gasteiger partial charge in [-0.15, -0.1) is 11.6 Å². The van der Waals surface area contributed by atoms with E-state index in [1.165, 1.54) is 0 Å². The number of hydrogen-bond donors (Lipinski definition) is 0. The molecule has 0 aromatic carbocycles. The van der Waals surface area contributed by atoms with Crippen molar-refractivity contribution < 1.29 is 4.74 Å². The Bertz CT molecular complexity index is 614. The van der Waals surface area contributed by atoms with Crippen LogP contribution in [0.3, 0.4) is 0 Å². The molecule has 2 unspecified atom stereocenters. The molecule has 1 aliphatic rings. The van der Waals surface area contributed by atoms with Gasteiger partial charge in [0.15, 0.2) is 5.65 Å². The zero-order chi connectivity index (χ0) is 14.1. The second-order valence-electron chi connectivity index (χ2n) is 5.16. The third kappa shape index (κ3) is 2.52. The van der Waals surface area contributed by atoms with Crippen molar-refractivity contribution in [2.45, 2.75) is 37.8 Å². The lowest BCUT2D eigenvalue weighted by molar-refractivity contribution is 0.106. The quantitative estimate of drug-likeness (QED) is 0.810. The van der Waals surface area contributed by atoms with Gasteiger partial charge >= 0.3 is 0 Å². The predicted molar refractivity (Wildman–Crippen MR) is 80.6 cm³/mol. The fourth-order valence-electron chi connectivity index (χ4n) is 3.01. The third-order valence-corrected chi connectivity index (χ3v) is 4.34. The van der Waals surface area contributed by atoms with E-state index >= 15 is 0 Å². The fourth-order valence-corrected chi connectivity index (χ4v) is 3.34. The smallest absolute Gasteiger partial charge is 0.160 e. The molecule has 0 spiro atoms. The molecule has 4 nitrogen and oxygen atoms in total. The molecule has 0 saturated heterocycles. The van der Waals surface area contributed by atoms with Gasteiger partial charge in [0.1, 0.15) is 11.3 Å². The van der Waals surface area contributed by atoms with Crippen LogP contribution in [0.1, 0.15) is 31.1 Å². The largest absolute Gasteiger partial charge is 0.381 e. The van der Waals surface area contributed by atoms with E-state index < -0.39 is 0 Å². The van der Waals surface area contributed by atoms with Gasteiger partial charge in [-0.2, -0.15) is 0 Å². The summed E-state index contributed by atoms with van der Waals surface area (Å²) >= 11 is 11.9. The number of rotatable bonds is 4. The fraction of sp³-hybridized carbons (Fsp3) is 0.571. The molecule has 0 amide bonds. The van der Waals surface area contributed by atoms with E-state index in [-0.39, 0.29) is 0 Å². The molecule has 0 radical (unpaired) electrons. The van der Waals surface area contributed by atoms with Crippen molar-refractivity contribution in [2.24, 2.45) is 0 Å². The summed E-state index contributed by atoms with van der Waals surface area (Å²) in [7, 11) is 1.77. The molecule has 108 valence electrons. The molecule has 6 heteroatoms. The third-order valence-electron chi connectivity index (χ3n) is 3.94. The number of aromatic nitrogens is 3. The van der Waals surface area contributed by atoms with E-state index in [4.69, 9.17) is 27.9 Å². The Balaban J connectivity index is 2.05. The monoisotopic (exact) mass is 313 g/mol. The highest BCUT2D eigenvalue weighted by molar-refractivity contribution is 6.31. The Morgan fingerprint density at radius 2 is 2.30 bits per heavy atom. The Morgan fingerprint density at radius 3 is 3.00 bits per heavy atom. The summed E-state index contributed by atoms with van der Waals surface area (Å²) in [5, 5.41) is 0.612. The van der Waals surface area contributed by atoms with Crippen LogP contribution in [0.15, 0.2) is 12.3 Å². The molecule has 2 aromatic heterocycles. The summed E-state index contributed by atoms with van der Waals surface area (Å²) in [4.78, 5) is 9.11. The molecular weight excluding hydrogens is 297 g/mol. The number of aryl methyl sites for hydroxylation is 1. The van der Waals surface area contributed by atoms with Crippen LogP contribution in [0, 0.1) is 0 Å². The number of halogens is 2. The lowest BCUT2D eigenvalue weighted by atomic mass is 10.2. The second-order valence-corrected chi connectivity index (χ2v) is 5.97. The number of nitrogens with zero attached hydrogens (tertiary/aromatic N) is 3. The molecule has 1 fully saturated rings. The number of ether oxygens (including phenoxy) is 1. The molecule has 1 aliphatic carbocycles. The highest BCUT2D eigenvalue weighted by atomic mass is 35.5. The van der Waals surface area contributed by atoms with E-state index in [0.29, 0.717) is 23.0 Å². The first-order chi connectivity index (χ1) is 9.72. The average Bonchev–Trinajstić information content (AvgIpc) is 3.02. The summed E-state index contributed by atoms with van der Waals surface area (Å²) in [6, 6.07) is 2.25. The minimum absolute atomic E-state index is 0.327. The normalized spacial score (nSPS) is 22.8. The van der Waals surface area contributed by atoms with Crippen molar-refractivity contribution in [3.8, 4) is 0 Å². The lowest BCUT2D eigenvalue weighted by Gasteiger charge is -2.16. The molecule has 0 bridgehead atoms. The molecular formula is C14H17Cl2N3O. The van der Waals surface area contributed by atoms with Crippen molar-refractivity contribution in [2.75, 3.05) is 13.0 Å². The Labute approximate surface area is 128 Å². The highest BCUT2D eigenvalue weighted by Gasteiger charge is 2.29. The minimum Gasteiger partial charge on any atom is -0.381 e. The molecule has 3 rings (SSSR count). The maximum absolute atomic E-state index is 6.00.